The van der Waals surface area contributed by atoms with Crippen LogP contribution in [0.15, 0.2) is 60.0 Å². The second kappa shape index (κ2) is 9.95. The molecule has 3 heterocycles. The van der Waals surface area contributed by atoms with Crippen LogP contribution in [-0.2, 0) is 6.54 Å². The van der Waals surface area contributed by atoms with E-state index in [0.717, 1.165) is 43.3 Å². The normalized spacial score (nSPS) is 15.4. The Labute approximate surface area is 204 Å². The van der Waals surface area contributed by atoms with Gasteiger partial charge in [-0.3, -0.25) is 4.90 Å². The number of anilines is 1. The summed E-state index contributed by atoms with van der Waals surface area (Å²) in [6, 6.07) is 19.1. The van der Waals surface area contributed by atoms with E-state index in [4.69, 9.17) is 4.74 Å². The van der Waals surface area contributed by atoms with Gasteiger partial charge in [-0.2, -0.15) is 0 Å². The minimum Gasteiger partial charge on any atom is -0.497 e. The van der Waals surface area contributed by atoms with E-state index in [2.05, 4.69) is 87.0 Å². The first-order chi connectivity index (χ1) is 16.6. The molecule has 0 amide bonds. The lowest BCUT2D eigenvalue weighted by Gasteiger charge is -2.40. The van der Waals surface area contributed by atoms with E-state index in [0.29, 0.717) is 6.54 Å². The molecule has 1 atom stereocenters. The van der Waals surface area contributed by atoms with E-state index in [9.17, 15) is 0 Å². The first-order valence-corrected chi connectivity index (χ1v) is 12.5. The van der Waals surface area contributed by atoms with Gasteiger partial charge < -0.3 is 9.64 Å². The molecule has 2 aromatic heterocycles. The minimum absolute atomic E-state index is 0.0361. The zero-order chi connectivity index (χ0) is 23.5. The second-order valence-electron chi connectivity index (χ2n) is 8.77. The van der Waals surface area contributed by atoms with Crippen molar-refractivity contribution in [3.8, 4) is 5.75 Å². The molecule has 2 aromatic carbocycles. The van der Waals surface area contributed by atoms with Crippen LogP contribution in [0.2, 0.25) is 0 Å². The van der Waals surface area contributed by atoms with E-state index in [1.54, 1.807) is 18.4 Å². The van der Waals surface area contributed by atoms with Crippen LogP contribution < -0.4 is 9.64 Å². The van der Waals surface area contributed by atoms with Gasteiger partial charge in [0.2, 0.25) is 0 Å². The van der Waals surface area contributed by atoms with Crippen LogP contribution >= 0.6 is 11.3 Å². The average molecular weight is 475 g/mol. The third-order valence-corrected chi connectivity index (χ3v) is 7.42. The molecule has 1 fully saturated rings. The molecule has 5 rings (SSSR count). The van der Waals surface area contributed by atoms with Crippen molar-refractivity contribution >= 4 is 17.0 Å². The molecule has 7 nitrogen and oxygen atoms in total. The molecule has 1 aliphatic rings. The predicted octanol–water partition coefficient (Wildman–Crippen LogP) is 4.32. The molecule has 0 aliphatic carbocycles. The summed E-state index contributed by atoms with van der Waals surface area (Å²) in [5.74, 6) is 1.73. The molecule has 0 spiro atoms. The molecule has 176 valence electrons. The van der Waals surface area contributed by atoms with Crippen LogP contribution in [0.1, 0.15) is 33.4 Å². The van der Waals surface area contributed by atoms with Crippen LogP contribution in [0.3, 0.4) is 0 Å². The van der Waals surface area contributed by atoms with Crippen molar-refractivity contribution in [1.29, 1.82) is 0 Å². The van der Waals surface area contributed by atoms with Gasteiger partial charge in [0.1, 0.15) is 11.8 Å². The highest BCUT2D eigenvalue weighted by Crippen LogP contribution is 2.32. The summed E-state index contributed by atoms with van der Waals surface area (Å²) in [4.78, 5) is 6.29. The third-order valence-electron chi connectivity index (χ3n) is 6.49. The van der Waals surface area contributed by atoms with E-state index in [1.165, 1.54) is 21.7 Å². The third kappa shape index (κ3) is 4.69. The van der Waals surface area contributed by atoms with Gasteiger partial charge in [-0.15, -0.1) is 16.4 Å². The molecule has 1 saturated heterocycles. The number of methoxy groups -OCH3 is 1. The van der Waals surface area contributed by atoms with Gasteiger partial charge in [0.25, 0.3) is 0 Å². The molecule has 1 aliphatic heterocycles. The van der Waals surface area contributed by atoms with Gasteiger partial charge in [-0.05, 0) is 70.6 Å². The predicted molar refractivity (Wildman–Crippen MR) is 136 cm³/mol. The van der Waals surface area contributed by atoms with Crippen molar-refractivity contribution in [3.05, 3.63) is 87.4 Å². The van der Waals surface area contributed by atoms with Crippen LogP contribution in [0.4, 0.5) is 5.69 Å². The number of thiophene rings is 1. The van der Waals surface area contributed by atoms with E-state index < -0.39 is 0 Å². The number of hydrogen-bond donors (Lipinski definition) is 0. The molecule has 8 heteroatoms. The second-order valence-corrected chi connectivity index (χ2v) is 9.75. The highest BCUT2D eigenvalue weighted by molar-refractivity contribution is 7.10. The molecule has 0 radical (unpaired) electrons. The standard InChI is InChI=1S/C26H30N6OS/c1-19-6-7-20(2)23(17-19)30-12-14-31(15-13-30)25(24-5-4-16-34-24)26-27-28-29-32(26)18-21-8-10-22(33-3)11-9-21/h4-11,16-17,25H,12-15,18H2,1-3H3. The average Bonchev–Trinajstić information content (AvgIpc) is 3.55. The number of tetrazole rings is 1. The largest absolute Gasteiger partial charge is 0.497 e. The Morgan fingerprint density at radius 3 is 2.50 bits per heavy atom. The van der Waals surface area contributed by atoms with Crippen molar-refractivity contribution in [1.82, 2.24) is 25.1 Å². The maximum Gasteiger partial charge on any atom is 0.174 e. The number of ether oxygens (including phenoxy) is 1. The highest BCUT2D eigenvalue weighted by atomic mass is 32.1. The van der Waals surface area contributed by atoms with Gasteiger partial charge in [-0.1, -0.05) is 30.3 Å². The lowest BCUT2D eigenvalue weighted by molar-refractivity contribution is 0.203. The first kappa shape index (κ1) is 22.6. The Morgan fingerprint density at radius 1 is 1.00 bits per heavy atom. The maximum absolute atomic E-state index is 5.29. The molecular weight excluding hydrogens is 444 g/mol. The Hall–Kier alpha value is -3.23. The number of aryl methyl sites for hydroxylation is 2. The van der Waals surface area contributed by atoms with Crippen molar-refractivity contribution in [2.45, 2.75) is 26.4 Å². The van der Waals surface area contributed by atoms with Crippen molar-refractivity contribution < 1.29 is 4.74 Å². The molecule has 0 saturated carbocycles. The molecule has 1 unspecified atom stereocenters. The topological polar surface area (TPSA) is 59.3 Å². The molecule has 4 aromatic rings. The highest BCUT2D eigenvalue weighted by Gasteiger charge is 2.31. The molecular formula is C26H30N6OS. The summed E-state index contributed by atoms with van der Waals surface area (Å²) in [7, 11) is 1.68. The quantitative estimate of drug-likeness (QED) is 0.398. The minimum atomic E-state index is 0.0361. The van der Waals surface area contributed by atoms with Gasteiger partial charge in [0.05, 0.1) is 13.7 Å². The monoisotopic (exact) mass is 474 g/mol. The number of rotatable bonds is 7. The van der Waals surface area contributed by atoms with Crippen LogP contribution in [0.25, 0.3) is 0 Å². The summed E-state index contributed by atoms with van der Waals surface area (Å²) in [6.07, 6.45) is 0. The SMILES string of the molecule is COc1ccc(Cn2nnnc2C(c2cccs2)N2CCN(c3cc(C)ccc3C)CC2)cc1. The fourth-order valence-electron chi connectivity index (χ4n) is 4.62. The van der Waals surface area contributed by atoms with Crippen molar-refractivity contribution in [3.63, 3.8) is 0 Å². The van der Waals surface area contributed by atoms with Crippen LogP contribution in [-0.4, -0.2) is 58.4 Å². The molecule has 0 bridgehead atoms. The Bertz CT molecular complexity index is 1210. The van der Waals surface area contributed by atoms with E-state index in [1.807, 2.05) is 16.8 Å². The summed E-state index contributed by atoms with van der Waals surface area (Å²) in [5, 5.41) is 15.1. The lowest BCUT2D eigenvalue weighted by Crippen LogP contribution is -2.48. The fourth-order valence-corrected chi connectivity index (χ4v) is 5.48. The van der Waals surface area contributed by atoms with E-state index >= 15 is 0 Å². The van der Waals surface area contributed by atoms with Crippen LogP contribution in [0, 0.1) is 13.8 Å². The van der Waals surface area contributed by atoms with Crippen molar-refractivity contribution in [2.75, 3.05) is 38.2 Å². The smallest absolute Gasteiger partial charge is 0.174 e. The zero-order valence-electron chi connectivity index (χ0n) is 19.9. The molecule has 34 heavy (non-hydrogen) atoms. The summed E-state index contributed by atoms with van der Waals surface area (Å²) in [6.45, 7) is 8.84. The first-order valence-electron chi connectivity index (χ1n) is 11.6. The Kier molecular flexibility index (Phi) is 6.60. The van der Waals surface area contributed by atoms with Gasteiger partial charge >= 0.3 is 0 Å². The summed E-state index contributed by atoms with van der Waals surface area (Å²) in [5.41, 5.74) is 5.12. The Balaban J connectivity index is 1.38. The van der Waals surface area contributed by atoms with Gasteiger partial charge in [0, 0.05) is 36.7 Å². The zero-order valence-corrected chi connectivity index (χ0v) is 20.7. The maximum atomic E-state index is 5.29. The van der Waals surface area contributed by atoms with Crippen molar-refractivity contribution in [2.24, 2.45) is 0 Å². The molecule has 0 N–H and O–H groups in total. The van der Waals surface area contributed by atoms with Gasteiger partial charge in [0.15, 0.2) is 5.82 Å². The van der Waals surface area contributed by atoms with Crippen LogP contribution in [0.5, 0.6) is 5.75 Å². The van der Waals surface area contributed by atoms with Gasteiger partial charge in [-0.25, -0.2) is 4.68 Å². The fraction of sp³-hybridized carbons (Fsp3) is 0.346. The number of benzene rings is 2. The number of aromatic nitrogens is 4. The summed E-state index contributed by atoms with van der Waals surface area (Å²) < 4.78 is 7.23. The summed E-state index contributed by atoms with van der Waals surface area (Å²) >= 11 is 1.76. The lowest BCUT2D eigenvalue weighted by atomic mass is 10.1. The van der Waals surface area contributed by atoms with E-state index in [-0.39, 0.29) is 6.04 Å². The number of piperazine rings is 1. The Morgan fingerprint density at radius 2 is 1.79 bits per heavy atom. The number of hydrogen-bond acceptors (Lipinski definition) is 7. The number of nitrogens with zero attached hydrogens (tertiary/aromatic N) is 6.